The van der Waals surface area contributed by atoms with Crippen LogP contribution in [0.3, 0.4) is 0 Å². The van der Waals surface area contributed by atoms with Crippen LogP contribution in [-0.2, 0) is 0 Å². The van der Waals surface area contributed by atoms with Crippen molar-refractivity contribution in [1.82, 2.24) is 10.2 Å². The monoisotopic (exact) mass is 284 g/mol. The number of rotatable bonds is 2. The molecule has 0 radical (unpaired) electrons. The Labute approximate surface area is 106 Å². The lowest BCUT2D eigenvalue weighted by Gasteiger charge is -2.35. The van der Waals surface area contributed by atoms with Crippen LogP contribution < -0.4 is 5.32 Å². The SMILES string of the molecule is FC(F)(F)[C@H](c1sccc1Cl)N1CCNCC1. The van der Waals surface area contributed by atoms with E-state index in [2.05, 4.69) is 5.32 Å². The van der Waals surface area contributed by atoms with E-state index in [4.69, 9.17) is 11.6 Å². The maximum absolute atomic E-state index is 13.1. The summed E-state index contributed by atoms with van der Waals surface area (Å²) in [4.78, 5) is 1.63. The molecule has 2 nitrogen and oxygen atoms in total. The van der Waals surface area contributed by atoms with Crippen molar-refractivity contribution in [1.29, 1.82) is 0 Å². The first-order chi connectivity index (χ1) is 8.00. The van der Waals surface area contributed by atoms with Gasteiger partial charge in [0.05, 0.1) is 5.02 Å². The van der Waals surface area contributed by atoms with Crippen LogP contribution in [0.25, 0.3) is 0 Å². The van der Waals surface area contributed by atoms with Gasteiger partial charge in [-0.1, -0.05) is 11.6 Å². The van der Waals surface area contributed by atoms with Crippen molar-refractivity contribution in [2.45, 2.75) is 12.2 Å². The summed E-state index contributed by atoms with van der Waals surface area (Å²) in [5.41, 5.74) is 0. The minimum Gasteiger partial charge on any atom is -0.314 e. The van der Waals surface area contributed by atoms with Gasteiger partial charge in [0.2, 0.25) is 0 Å². The maximum Gasteiger partial charge on any atom is 0.408 e. The Bertz CT molecular complexity index is 374. The van der Waals surface area contributed by atoms with Gasteiger partial charge in [0, 0.05) is 31.1 Å². The van der Waals surface area contributed by atoms with Crippen LogP contribution in [0.15, 0.2) is 11.4 Å². The summed E-state index contributed by atoms with van der Waals surface area (Å²) >= 11 is 6.89. The fourth-order valence-corrected chi connectivity index (χ4v) is 3.28. The molecule has 1 N–H and O–H groups in total. The minimum atomic E-state index is -4.29. The number of piperazine rings is 1. The average Bonchev–Trinajstić information content (AvgIpc) is 2.65. The van der Waals surface area contributed by atoms with Crippen molar-refractivity contribution in [3.8, 4) is 0 Å². The fraction of sp³-hybridized carbons (Fsp3) is 0.600. The third kappa shape index (κ3) is 2.93. The summed E-state index contributed by atoms with van der Waals surface area (Å²) in [5.74, 6) is 0. The molecule has 1 saturated heterocycles. The van der Waals surface area contributed by atoms with Crippen molar-refractivity contribution in [2.75, 3.05) is 26.2 Å². The third-order valence-corrected chi connectivity index (χ3v) is 4.13. The van der Waals surface area contributed by atoms with E-state index in [1.807, 2.05) is 0 Å². The summed E-state index contributed by atoms with van der Waals surface area (Å²) in [6.07, 6.45) is -4.29. The molecule has 1 aliphatic rings. The molecule has 2 rings (SSSR count). The molecular formula is C10H12ClF3N2S. The highest BCUT2D eigenvalue weighted by Gasteiger charge is 2.46. The molecule has 0 aromatic carbocycles. The number of hydrogen-bond acceptors (Lipinski definition) is 3. The zero-order chi connectivity index (χ0) is 12.5. The number of nitrogens with one attached hydrogen (secondary N) is 1. The third-order valence-electron chi connectivity index (χ3n) is 2.72. The lowest BCUT2D eigenvalue weighted by atomic mass is 10.1. The van der Waals surface area contributed by atoms with Gasteiger partial charge in [-0.2, -0.15) is 13.2 Å². The molecule has 2 heterocycles. The van der Waals surface area contributed by atoms with Crippen LogP contribution in [0.5, 0.6) is 0 Å². The van der Waals surface area contributed by atoms with Crippen LogP contribution in [0.4, 0.5) is 13.2 Å². The normalized spacial score (nSPS) is 20.5. The molecule has 96 valence electrons. The van der Waals surface area contributed by atoms with E-state index in [0.29, 0.717) is 26.2 Å². The van der Waals surface area contributed by atoms with Gasteiger partial charge in [-0.05, 0) is 11.4 Å². The van der Waals surface area contributed by atoms with E-state index < -0.39 is 12.2 Å². The molecule has 0 saturated carbocycles. The van der Waals surface area contributed by atoms with E-state index >= 15 is 0 Å². The number of thiophene rings is 1. The highest BCUT2D eigenvalue weighted by Crippen LogP contribution is 2.42. The molecule has 1 aliphatic heterocycles. The van der Waals surface area contributed by atoms with Crippen LogP contribution in [0, 0.1) is 0 Å². The summed E-state index contributed by atoms with van der Waals surface area (Å²) < 4.78 is 39.4. The second-order valence-corrected chi connectivity index (χ2v) is 5.22. The van der Waals surface area contributed by atoms with Crippen LogP contribution >= 0.6 is 22.9 Å². The standard InChI is InChI=1S/C10H12ClF3N2S/c11-7-1-6-17-8(7)9(10(12,13)14)16-4-2-15-3-5-16/h1,6,9,15H,2-5H2/t9-/m0/s1. The largest absolute Gasteiger partial charge is 0.408 e. The molecule has 7 heteroatoms. The molecule has 0 amide bonds. The van der Waals surface area contributed by atoms with E-state index in [0.717, 1.165) is 11.3 Å². The van der Waals surface area contributed by atoms with Crippen molar-refractivity contribution in [3.05, 3.63) is 21.3 Å². The molecule has 0 spiro atoms. The van der Waals surface area contributed by atoms with E-state index in [-0.39, 0.29) is 9.90 Å². The Kier molecular flexibility index (Phi) is 3.97. The number of nitrogens with zero attached hydrogens (tertiary/aromatic N) is 1. The van der Waals surface area contributed by atoms with Gasteiger partial charge < -0.3 is 5.32 Å². The minimum absolute atomic E-state index is 0.195. The molecule has 1 atom stereocenters. The Balaban J connectivity index is 2.28. The lowest BCUT2D eigenvalue weighted by molar-refractivity contribution is -0.186. The van der Waals surface area contributed by atoms with Gasteiger partial charge in [0.1, 0.15) is 6.04 Å². The summed E-state index contributed by atoms with van der Waals surface area (Å²) in [6.45, 7) is 1.93. The molecule has 0 bridgehead atoms. The van der Waals surface area contributed by atoms with Crippen LogP contribution in [0.2, 0.25) is 5.02 Å². The van der Waals surface area contributed by atoms with E-state index in [9.17, 15) is 13.2 Å². The van der Waals surface area contributed by atoms with Crippen molar-refractivity contribution in [3.63, 3.8) is 0 Å². The van der Waals surface area contributed by atoms with Crippen LogP contribution in [0.1, 0.15) is 10.9 Å². The second-order valence-electron chi connectivity index (χ2n) is 3.86. The molecule has 1 aromatic heterocycles. The number of alkyl halides is 3. The Hall–Kier alpha value is -0.300. The maximum atomic E-state index is 13.1. The Morgan fingerprint density at radius 1 is 1.35 bits per heavy atom. The van der Waals surface area contributed by atoms with Crippen molar-refractivity contribution < 1.29 is 13.2 Å². The topological polar surface area (TPSA) is 15.3 Å². The van der Waals surface area contributed by atoms with Gasteiger partial charge in [-0.3, -0.25) is 4.90 Å². The molecular weight excluding hydrogens is 273 g/mol. The van der Waals surface area contributed by atoms with Crippen LogP contribution in [-0.4, -0.2) is 37.3 Å². The highest BCUT2D eigenvalue weighted by molar-refractivity contribution is 7.10. The Morgan fingerprint density at radius 3 is 2.47 bits per heavy atom. The van der Waals surface area contributed by atoms with E-state index in [1.54, 1.807) is 5.38 Å². The second kappa shape index (κ2) is 5.14. The zero-order valence-corrected chi connectivity index (χ0v) is 10.5. The van der Waals surface area contributed by atoms with Gasteiger partial charge in [0.25, 0.3) is 0 Å². The first-order valence-electron chi connectivity index (χ1n) is 5.24. The van der Waals surface area contributed by atoms with E-state index in [1.165, 1.54) is 11.0 Å². The van der Waals surface area contributed by atoms with Gasteiger partial charge in [0.15, 0.2) is 0 Å². The average molecular weight is 285 g/mol. The molecule has 0 unspecified atom stereocenters. The van der Waals surface area contributed by atoms with Crippen molar-refractivity contribution in [2.24, 2.45) is 0 Å². The summed E-state index contributed by atoms with van der Waals surface area (Å²) in [5, 5.41) is 4.84. The first-order valence-corrected chi connectivity index (χ1v) is 6.50. The summed E-state index contributed by atoms with van der Waals surface area (Å²) in [7, 11) is 0. The first kappa shape index (κ1) is 13.1. The molecule has 17 heavy (non-hydrogen) atoms. The number of hydrogen-bond donors (Lipinski definition) is 1. The van der Waals surface area contributed by atoms with Crippen molar-refractivity contribution >= 4 is 22.9 Å². The fourth-order valence-electron chi connectivity index (χ4n) is 1.96. The predicted molar refractivity (Wildman–Crippen MR) is 62.6 cm³/mol. The molecule has 1 aromatic rings. The van der Waals surface area contributed by atoms with Gasteiger partial charge in [-0.25, -0.2) is 0 Å². The Morgan fingerprint density at radius 2 is 2.00 bits per heavy atom. The predicted octanol–water partition coefficient (Wildman–Crippen LogP) is 2.91. The quantitative estimate of drug-likeness (QED) is 0.898. The van der Waals surface area contributed by atoms with Gasteiger partial charge in [-0.15, -0.1) is 11.3 Å². The molecule has 0 aliphatic carbocycles. The number of halogens is 4. The zero-order valence-electron chi connectivity index (χ0n) is 8.93. The molecule has 1 fully saturated rings. The summed E-state index contributed by atoms with van der Waals surface area (Å²) in [6, 6.07) is -0.0558. The highest BCUT2D eigenvalue weighted by atomic mass is 35.5. The van der Waals surface area contributed by atoms with Gasteiger partial charge >= 0.3 is 6.18 Å². The lowest BCUT2D eigenvalue weighted by Crippen LogP contribution is -2.48. The smallest absolute Gasteiger partial charge is 0.314 e.